The van der Waals surface area contributed by atoms with Crippen LogP contribution in [0.1, 0.15) is 0 Å². The number of benzene rings is 7. The Bertz CT molecular complexity index is 2920. The minimum atomic E-state index is -1.40. The van der Waals surface area contributed by atoms with E-state index in [-0.39, 0.29) is 9.75 Å². The van der Waals surface area contributed by atoms with E-state index in [1.54, 1.807) is 34.8 Å². The molecule has 0 amide bonds. The third-order valence-corrected chi connectivity index (χ3v) is 14.6. The summed E-state index contributed by atoms with van der Waals surface area (Å²) in [5, 5.41) is 7.60. The summed E-state index contributed by atoms with van der Waals surface area (Å²) in [5.74, 6) is -5.59. The minimum absolute atomic E-state index is 0.130. The van der Waals surface area contributed by atoms with Gasteiger partial charge < -0.3 is 0 Å². The van der Waals surface area contributed by atoms with E-state index in [0.29, 0.717) is 0 Å². The highest BCUT2D eigenvalue weighted by molar-refractivity contribution is 7.23. The molecule has 8 heteroatoms. The van der Waals surface area contributed by atoms with Crippen LogP contribution in [0.3, 0.4) is 0 Å². The van der Waals surface area contributed by atoms with Gasteiger partial charge in [0.2, 0.25) is 0 Å². The number of fused-ring (bicyclic) bond motifs is 6. The number of hydrogen-bond donors (Lipinski definition) is 0. The van der Waals surface area contributed by atoms with Crippen LogP contribution in [-0.2, 0) is 0 Å². The summed E-state index contributed by atoms with van der Waals surface area (Å²) in [6.07, 6.45) is 0. The van der Waals surface area contributed by atoms with Crippen molar-refractivity contribution in [2.24, 2.45) is 0 Å². The maximum Gasteiger partial charge on any atom is 0.171 e. The van der Waals surface area contributed by atoms with Crippen molar-refractivity contribution in [1.29, 1.82) is 0 Å². The molecule has 0 spiro atoms. The van der Waals surface area contributed by atoms with Crippen molar-refractivity contribution in [1.82, 2.24) is 0 Å². The molecule has 11 rings (SSSR count). The first-order valence-electron chi connectivity index (χ1n) is 17.1. The third-order valence-electron chi connectivity index (χ3n) is 10.1. The molecule has 54 heavy (non-hydrogen) atoms. The highest BCUT2D eigenvalue weighted by atomic mass is 32.1. The van der Waals surface area contributed by atoms with Crippen molar-refractivity contribution in [3.63, 3.8) is 0 Å². The van der Waals surface area contributed by atoms with Crippen molar-refractivity contribution in [2.45, 2.75) is 0 Å². The van der Waals surface area contributed by atoms with Gasteiger partial charge in [0, 0.05) is 38.3 Å². The van der Waals surface area contributed by atoms with Gasteiger partial charge in [0.05, 0.1) is 11.1 Å². The zero-order valence-electron chi connectivity index (χ0n) is 27.8. The van der Waals surface area contributed by atoms with E-state index >= 15 is 17.6 Å². The highest BCUT2D eigenvalue weighted by Gasteiger charge is 2.29. The molecule has 0 saturated heterocycles. The molecule has 0 fully saturated rings. The van der Waals surface area contributed by atoms with Gasteiger partial charge in [-0.25, -0.2) is 17.6 Å². The lowest BCUT2D eigenvalue weighted by atomic mass is 10.0. The standard InChI is InChI=1S/C46H22F4S4/c47-43-41(39-21-31-13-25-11-29-19-33(23-7-3-1-4-8-23)51-35(29)15-27(25)17-37(31)53-39)44(48)46(50)42(45(43)49)40-22-32-14-26-12-30-20-34(24-9-5-2-6-10-24)52-36(30)16-28(26)18-38(32)54-40/h1-22H. The van der Waals surface area contributed by atoms with Crippen LogP contribution in [0.2, 0.25) is 0 Å². The summed E-state index contributed by atoms with van der Waals surface area (Å²) in [7, 11) is 0. The zero-order chi connectivity index (χ0) is 36.2. The molecule has 7 aromatic carbocycles. The lowest BCUT2D eigenvalue weighted by Crippen LogP contribution is -2.02. The highest BCUT2D eigenvalue weighted by Crippen LogP contribution is 2.46. The van der Waals surface area contributed by atoms with Gasteiger partial charge in [0.25, 0.3) is 0 Å². The number of rotatable bonds is 4. The average Bonchev–Trinajstić information content (AvgIpc) is 3.99. The van der Waals surface area contributed by atoms with Crippen LogP contribution < -0.4 is 0 Å². The van der Waals surface area contributed by atoms with Gasteiger partial charge in [-0.2, -0.15) is 0 Å². The van der Waals surface area contributed by atoms with Crippen LogP contribution in [0, 0.1) is 23.3 Å². The molecule has 0 aliphatic heterocycles. The maximum absolute atomic E-state index is 16.0. The summed E-state index contributed by atoms with van der Waals surface area (Å²) in [5.41, 5.74) is 0.937. The topological polar surface area (TPSA) is 0 Å². The van der Waals surface area contributed by atoms with Gasteiger partial charge in [-0.3, -0.25) is 0 Å². The van der Waals surface area contributed by atoms with Crippen LogP contribution in [0.25, 0.3) is 104 Å². The Kier molecular flexibility index (Phi) is 7.17. The second-order valence-corrected chi connectivity index (χ2v) is 17.8. The van der Waals surface area contributed by atoms with Gasteiger partial charge in [-0.15, -0.1) is 45.3 Å². The Morgan fingerprint density at radius 1 is 0.278 bits per heavy atom. The van der Waals surface area contributed by atoms with E-state index in [1.807, 2.05) is 60.7 Å². The molecule has 11 aromatic rings. The van der Waals surface area contributed by atoms with Crippen molar-refractivity contribution < 1.29 is 17.6 Å². The molecule has 0 aliphatic rings. The number of halogens is 4. The van der Waals surface area contributed by atoms with Gasteiger partial charge >= 0.3 is 0 Å². The molecule has 0 N–H and O–H groups in total. The van der Waals surface area contributed by atoms with Crippen LogP contribution in [0.5, 0.6) is 0 Å². The van der Waals surface area contributed by atoms with Crippen molar-refractivity contribution in [3.05, 3.63) is 157 Å². The molecule has 0 nitrogen and oxygen atoms in total. The van der Waals surface area contributed by atoms with Gasteiger partial charge in [0.15, 0.2) is 23.3 Å². The quantitative estimate of drug-likeness (QED) is 0.123. The van der Waals surface area contributed by atoms with Crippen molar-refractivity contribution >= 4 is 107 Å². The first kappa shape index (κ1) is 32.1. The molecule has 4 aromatic heterocycles. The monoisotopic (exact) mass is 778 g/mol. The van der Waals surface area contributed by atoms with Crippen molar-refractivity contribution in [3.8, 4) is 41.8 Å². The molecule has 0 aliphatic carbocycles. The first-order chi connectivity index (χ1) is 26.3. The average molecular weight is 779 g/mol. The van der Waals surface area contributed by atoms with E-state index in [1.165, 1.54) is 9.75 Å². The fourth-order valence-electron chi connectivity index (χ4n) is 7.45. The second kappa shape index (κ2) is 12.1. The van der Waals surface area contributed by atoms with E-state index in [4.69, 9.17) is 0 Å². The van der Waals surface area contributed by atoms with Crippen LogP contribution in [0.15, 0.2) is 133 Å². The van der Waals surface area contributed by atoms with Crippen LogP contribution >= 0.6 is 45.3 Å². The van der Waals surface area contributed by atoms with Crippen LogP contribution in [-0.4, -0.2) is 0 Å². The lowest BCUT2D eigenvalue weighted by Gasteiger charge is -2.10. The Morgan fingerprint density at radius 2 is 0.556 bits per heavy atom. The molecule has 258 valence electrons. The van der Waals surface area contributed by atoms with Gasteiger partial charge in [-0.05, 0) is 127 Å². The second-order valence-electron chi connectivity index (χ2n) is 13.4. The predicted molar refractivity (Wildman–Crippen MR) is 225 cm³/mol. The Balaban J connectivity index is 0.970. The largest absolute Gasteiger partial charge is 0.203 e. The smallest absolute Gasteiger partial charge is 0.171 e. The molecular formula is C46H22F4S4. The summed E-state index contributed by atoms with van der Waals surface area (Å²) >= 11 is 5.65. The van der Waals surface area contributed by atoms with E-state index < -0.39 is 34.4 Å². The zero-order valence-corrected chi connectivity index (χ0v) is 31.1. The molecule has 0 saturated carbocycles. The fraction of sp³-hybridized carbons (Fsp3) is 0. The van der Waals surface area contributed by atoms with Gasteiger partial charge in [0.1, 0.15) is 0 Å². The molecule has 4 heterocycles. The fourth-order valence-corrected chi connectivity index (χ4v) is 11.9. The molecular weight excluding hydrogens is 757 g/mol. The Labute approximate surface area is 321 Å². The summed E-state index contributed by atoms with van der Waals surface area (Å²) in [6, 6.07) is 44.3. The number of hydrogen-bond acceptors (Lipinski definition) is 4. The van der Waals surface area contributed by atoms with Crippen LogP contribution in [0.4, 0.5) is 17.6 Å². The predicted octanol–water partition coefficient (Wildman–Crippen LogP) is 16.1. The minimum Gasteiger partial charge on any atom is -0.203 e. The summed E-state index contributed by atoms with van der Waals surface area (Å²) < 4.78 is 67.8. The molecule has 0 atom stereocenters. The van der Waals surface area contributed by atoms with E-state index in [2.05, 4.69) is 60.7 Å². The Hall–Kier alpha value is -5.38. The summed E-state index contributed by atoms with van der Waals surface area (Å²) in [6.45, 7) is 0. The Morgan fingerprint density at radius 3 is 0.889 bits per heavy atom. The molecule has 0 radical (unpaired) electrons. The first-order valence-corrected chi connectivity index (χ1v) is 20.4. The van der Waals surface area contributed by atoms with E-state index in [0.717, 1.165) is 95.7 Å². The molecule has 0 bridgehead atoms. The lowest BCUT2D eigenvalue weighted by molar-refractivity contribution is 0.463. The van der Waals surface area contributed by atoms with Crippen molar-refractivity contribution in [2.75, 3.05) is 0 Å². The molecule has 0 unspecified atom stereocenters. The number of thiophene rings is 4. The summed E-state index contributed by atoms with van der Waals surface area (Å²) in [4.78, 5) is 2.60. The van der Waals surface area contributed by atoms with Gasteiger partial charge in [-0.1, -0.05) is 60.7 Å². The van der Waals surface area contributed by atoms with E-state index in [9.17, 15) is 0 Å². The normalized spacial score (nSPS) is 12.1. The third kappa shape index (κ3) is 5.05. The maximum atomic E-state index is 16.0. The SMILES string of the molecule is Fc1c(F)c(-c2cc3cc4cc5cc(-c6ccccc6)sc5cc4cc3s2)c(F)c(F)c1-c1cc2cc3cc4cc(-c5ccccc5)sc4cc3cc2s1.